The second-order valence-corrected chi connectivity index (χ2v) is 3.66. The van der Waals surface area contributed by atoms with Gasteiger partial charge in [0, 0.05) is 0 Å². The van der Waals surface area contributed by atoms with Gasteiger partial charge in [-0.3, -0.25) is 9.59 Å². The number of carbonyl (C=O) groups is 2. The third-order valence-corrected chi connectivity index (χ3v) is 2.69. The highest BCUT2D eigenvalue weighted by molar-refractivity contribution is 5.87. The number of carboxylic acids is 2. The van der Waals surface area contributed by atoms with E-state index < -0.39 is 23.3 Å². The molecule has 0 radical (unpaired) electrons. The molecule has 0 aromatic rings. The summed E-state index contributed by atoms with van der Waals surface area (Å²) in [5.74, 6) is -3.14. The van der Waals surface area contributed by atoms with Crippen LogP contribution in [0, 0.1) is 11.3 Å². The van der Waals surface area contributed by atoms with Gasteiger partial charge in [0.05, 0.1) is 5.92 Å². The molecule has 0 saturated heterocycles. The highest BCUT2D eigenvalue weighted by Crippen LogP contribution is 2.38. The first-order valence-corrected chi connectivity index (χ1v) is 4.87. The van der Waals surface area contributed by atoms with Gasteiger partial charge in [0.1, 0.15) is 5.41 Å². The van der Waals surface area contributed by atoms with E-state index in [1.807, 2.05) is 6.92 Å². The SMILES string of the molecule is CCCC1(C(=O)O)C=CC=CC1C(=O)O. The molecular formula is C11H14O4. The lowest BCUT2D eigenvalue weighted by molar-refractivity contribution is -0.157. The van der Waals surface area contributed by atoms with Crippen LogP contribution < -0.4 is 0 Å². The van der Waals surface area contributed by atoms with E-state index >= 15 is 0 Å². The molecule has 0 fully saturated rings. The lowest BCUT2D eigenvalue weighted by Gasteiger charge is -2.31. The normalized spacial score (nSPS) is 29.0. The van der Waals surface area contributed by atoms with Crippen molar-refractivity contribution in [3.05, 3.63) is 24.3 Å². The Morgan fingerprint density at radius 1 is 1.33 bits per heavy atom. The van der Waals surface area contributed by atoms with E-state index in [-0.39, 0.29) is 0 Å². The Morgan fingerprint density at radius 3 is 2.47 bits per heavy atom. The smallest absolute Gasteiger partial charge is 0.314 e. The van der Waals surface area contributed by atoms with Crippen molar-refractivity contribution in [2.75, 3.05) is 0 Å². The van der Waals surface area contributed by atoms with Gasteiger partial charge < -0.3 is 10.2 Å². The molecule has 2 atom stereocenters. The van der Waals surface area contributed by atoms with Gasteiger partial charge in [-0.2, -0.15) is 0 Å². The maximum Gasteiger partial charge on any atom is 0.314 e. The summed E-state index contributed by atoms with van der Waals surface area (Å²) in [4.78, 5) is 22.2. The summed E-state index contributed by atoms with van der Waals surface area (Å²) in [5.41, 5.74) is -1.28. The van der Waals surface area contributed by atoms with Crippen LogP contribution in [0.5, 0.6) is 0 Å². The van der Waals surface area contributed by atoms with Crippen LogP contribution in [0.4, 0.5) is 0 Å². The predicted molar refractivity (Wildman–Crippen MR) is 54.4 cm³/mol. The third-order valence-electron chi connectivity index (χ3n) is 2.69. The fraction of sp³-hybridized carbons (Fsp3) is 0.455. The van der Waals surface area contributed by atoms with E-state index in [1.54, 1.807) is 12.2 Å². The van der Waals surface area contributed by atoms with Gasteiger partial charge in [-0.25, -0.2) is 0 Å². The lowest BCUT2D eigenvalue weighted by Crippen LogP contribution is -2.41. The fourth-order valence-corrected chi connectivity index (χ4v) is 1.94. The minimum absolute atomic E-state index is 0.333. The average Bonchev–Trinajstić information content (AvgIpc) is 2.18. The van der Waals surface area contributed by atoms with Gasteiger partial charge >= 0.3 is 11.9 Å². The van der Waals surface area contributed by atoms with Gasteiger partial charge in [0.15, 0.2) is 0 Å². The van der Waals surface area contributed by atoms with Crippen LogP contribution >= 0.6 is 0 Å². The van der Waals surface area contributed by atoms with Crippen molar-refractivity contribution in [1.29, 1.82) is 0 Å². The van der Waals surface area contributed by atoms with E-state index in [2.05, 4.69) is 0 Å². The van der Waals surface area contributed by atoms with E-state index in [4.69, 9.17) is 5.11 Å². The summed E-state index contributed by atoms with van der Waals surface area (Å²) in [5, 5.41) is 18.2. The molecule has 0 aromatic heterocycles. The molecule has 2 unspecified atom stereocenters. The van der Waals surface area contributed by atoms with Crippen molar-refractivity contribution in [2.24, 2.45) is 11.3 Å². The summed E-state index contributed by atoms with van der Waals surface area (Å²) in [6, 6.07) is 0. The molecule has 1 aliphatic rings. The summed E-state index contributed by atoms with van der Waals surface area (Å²) < 4.78 is 0. The van der Waals surface area contributed by atoms with Crippen molar-refractivity contribution in [3.63, 3.8) is 0 Å². The lowest BCUT2D eigenvalue weighted by atomic mass is 9.70. The van der Waals surface area contributed by atoms with Gasteiger partial charge in [-0.15, -0.1) is 0 Å². The predicted octanol–water partition coefficient (Wildman–Crippen LogP) is 1.68. The number of rotatable bonds is 4. The summed E-state index contributed by atoms with van der Waals surface area (Å²) in [7, 11) is 0. The standard InChI is InChI=1S/C11H14O4/c1-2-6-11(10(14)15)7-4-3-5-8(11)9(12)13/h3-5,7-8H,2,6H2,1H3,(H,12,13)(H,14,15). The summed E-state index contributed by atoms with van der Waals surface area (Å²) >= 11 is 0. The van der Waals surface area contributed by atoms with Crippen LogP contribution in [-0.2, 0) is 9.59 Å². The van der Waals surface area contributed by atoms with Gasteiger partial charge in [0.2, 0.25) is 0 Å². The number of hydrogen-bond donors (Lipinski definition) is 2. The number of carboxylic acid groups (broad SMARTS) is 2. The van der Waals surface area contributed by atoms with Crippen molar-refractivity contribution >= 4 is 11.9 Å². The van der Waals surface area contributed by atoms with E-state index in [0.29, 0.717) is 12.8 Å². The Labute approximate surface area is 87.9 Å². The van der Waals surface area contributed by atoms with Crippen molar-refractivity contribution in [1.82, 2.24) is 0 Å². The maximum absolute atomic E-state index is 11.2. The number of allylic oxidation sites excluding steroid dienone is 2. The summed E-state index contributed by atoms with van der Waals surface area (Å²) in [6.07, 6.45) is 7.07. The van der Waals surface area contributed by atoms with Gasteiger partial charge in [0.25, 0.3) is 0 Å². The third kappa shape index (κ3) is 1.93. The molecule has 0 spiro atoms. The minimum Gasteiger partial charge on any atom is -0.481 e. The molecule has 0 heterocycles. The molecule has 15 heavy (non-hydrogen) atoms. The molecule has 4 heteroatoms. The van der Waals surface area contributed by atoms with Crippen molar-refractivity contribution in [3.8, 4) is 0 Å². The first-order chi connectivity index (χ1) is 7.04. The van der Waals surface area contributed by atoms with E-state index in [1.165, 1.54) is 12.2 Å². The quantitative estimate of drug-likeness (QED) is 0.740. The number of aliphatic carboxylic acids is 2. The Bertz CT molecular complexity index is 329. The Kier molecular flexibility index (Phi) is 3.29. The Morgan fingerprint density at radius 2 is 2.00 bits per heavy atom. The minimum atomic E-state index is -1.28. The Balaban J connectivity index is 3.13. The molecule has 0 amide bonds. The molecule has 1 aliphatic carbocycles. The Hall–Kier alpha value is -1.58. The second kappa shape index (κ2) is 4.29. The maximum atomic E-state index is 11.2. The van der Waals surface area contributed by atoms with Crippen LogP contribution in [0.2, 0.25) is 0 Å². The zero-order valence-corrected chi connectivity index (χ0v) is 8.51. The van der Waals surface area contributed by atoms with Crippen LogP contribution in [0.15, 0.2) is 24.3 Å². The van der Waals surface area contributed by atoms with E-state index in [9.17, 15) is 14.7 Å². The molecule has 0 aliphatic heterocycles. The first kappa shape index (κ1) is 11.5. The van der Waals surface area contributed by atoms with Crippen molar-refractivity contribution in [2.45, 2.75) is 19.8 Å². The van der Waals surface area contributed by atoms with Crippen LogP contribution in [-0.4, -0.2) is 22.2 Å². The first-order valence-electron chi connectivity index (χ1n) is 4.87. The monoisotopic (exact) mass is 210 g/mol. The topological polar surface area (TPSA) is 74.6 Å². The largest absolute Gasteiger partial charge is 0.481 e. The van der Waals surface area contributed by atoms with Crippen LogP contribution in [0.25, 0.3) is 0 Å². The highest BCUT2D eigenvalue weighted by Gasteiger charge is 2.46. The fourth-order valence-electron chi connectivity index (χ4n) is 1.94. The van der Waals surface area contributed by atoms with Gasteiger partial charge in [-0.1, -0.05) is 37.6 Å². The zero-order chi connectivity index (χ0) is 11.5. The van der Waals surface area contributed by atoms with Gasteiger partial charge in [-0.05, 0) is 6.42 Å². The van der Waals surface area contributed by atoms with Crippen LogP contribution in [0.3, 0.4) is 0 Å². The molecule has 4 nitrogen and oxygen atoms in total. The second-order valence-electron chi connectivity index (χ2n) is 3.66. The molecule has 82 valence electrons. The molecule has 2 N–H and O–H groups in total. The van der Waals surface area contributed by atoms with Crippen molar-refractivity contribution < 1.29 is 19.8 Å². The average molecular weight is 210 g/mol. The molecule has 1 rings (SSSR count). The van der Waals surface area contributed by atoms with Crippen LogP contribution in [0.1, 0.15) is 19.8 Å². The van der Waals surface area contributed by atoms with E-state index in [0.717, 1.165) is 0 Å². The molecular weight excluding hydrogens is 196 g/mol. The highest BCUT2D eigenvalue weighted by atomic mass is 16.4. The number of hydrogen-bond acceptors (Lipinski definition) is 2. The molecule has 0 saturated carbocycles. The summed E-state index contributed by atoms with van der Waals surface area (Å²) in [6.45, 7) is 1.84. The zero-order valence-electron chi connectivity index (χ0n) is 8.51. The molecule has 0 aromatic carbocycles. The molecule has 0 bridgehead atoms.